The van der Waals surface area contributed by atoms with Crippen molar-refractivity contribution in [3.8, 4) is 5.69 Å². The summed E-state index contributed by atoms with van der Waals surface area (Å²) in [4.78, 5) is 16.5. The molecule has 0 aliphatic heterocycles. The van der Waals surface area contributed by atoms with Crippen molar-refractivity contribution in [2.45, 2.75) is 33.7 Å². The summed E-state index contributed by atoms with van der Waals surface area (Å²) in [7, 11) is 0. The Morgan fingerprint density at radius 1 is 1.28 bits per heavy atom. The molecule has 0 radical (unpaired) electrons. The molecule has 25 heavy (non-hydrogen) atoms. The van der Waals surface area contributed by atoms with Gasteiger partial charge in [-0.15, -0.1) is 5.10 Å². The van der Waals surface area contributed by atoms with Crippen molar-refractivity contribution in [3.63, 3.8) is 0 Å². The van der Waals surface area contributed by atoms with Gasteiger partial charge in [0.15, 0.2) is 5.82 Å². The first-order chi connectivity index (χ1) is 11.9. The molecule has 0 aliphatic carbocycles. The number of H-pyrrole nitrogens is 1. The van der Waals surface area contributed by atoms with Crippen LogP contribution in [0.5, 0.6) is 0 Å². The summed E-state index contributed by atoms with van der Waals surface area (Å²) in [5.74, 6) is 1.23. The smallest absolute Gasteiger partial charge is 0.319 e. The number of hydrogen-bond acceptors (Lipinski definition) is 6. The van der Waals surface area contributed by atoms with Crippen molar-refractivity contribution in [3.05, 3.63) is 41.2 Å². The fourth-order valence-electron chi connectivity index (χ4n) is 2.36. The van der Waals surface area contributed by atoms with Gasteiger partial charge in [-0.05, 0) is 61.4 Å². The maximum atomic E-state index is 12.3. The number of carbonyl (C=O) groups is 1. The normalized spacial score (nSPS) is 12.0. The lowest BCUT2D eigenvalue weighted by Gasteiger charge is -2.15. The van der Waals surface area contributed by atoms with Crippen LogP contribution in [0.1, 0.15) is 35.7 Å². The van der Waals surface area contributed by atoms with Gasteiger partial charge >= 0.3 is 6.03 Å². The Kier molecular flexibility index (Phi) is 4.42. The molecule has 0 spiro atoms. The predicted molar refractivity (Wildman–Crippen MR) is 90.3 cm³/mol. The third kappa shape index (κ3) is 3.62. The Morgan fingerprint density at radius 3 is 2.72 bits per heavy atom. The average molecular weight is 341 g/mol. The van der Waals surface area contributed by atoms with Crippen LogP contribution in [0.4, 0.5) is 10.5 Å². The molecule has 130 valence electrons. The van der Waals surface area contributed by atoms with E-state index in [4.69, 9.17) is 0 Å². The van der Waals surface area contributed by atoms with Gasteiger partial charge in [0.25, 0.3) is 0 Å². The Balaban J connectivity index is 1.76. The van der Waals surface area contributed by atoms with E-state index >= 15 is 0 Å². The molecule has 2 aromatic heterocycles. The number of hydrogen-bond donors (Lipinski definition) is 3. The van der Waals surface area contributed by atoms with Crippen LogP contribution >= 0.6 is 0 Å². The summed E-state index contributed by atoms with van der Waals surface area (Å²) in [6.07, 6.45) is 1.50. The third-order valence-electron chi connectivity index (χ3n) is 3.86. The monoisotopic (exact) mass is 341 g/mol. The van der Waals surface area contributed by atoms with Crippen molar-refractivity contribution in [1.82, 2.24) is 40.7 Å². The third-order valence-corrected chi connectivity index (χ3v) is 3.86. The van der Waals surface area contributed by atoms with Crippen LogP contribution < -0.4 is 10.6 Å². The van der Waals surface area contributed by atoms with Gasteiger partial charge in [0.2, 0.25) is 0 Å². The molecular formula is C15H19N9O. The van der Waals surface area contributed by atoms with Gasteiger partial charge in [0.1, 0.15) is 12.2 Å². The van der Waals surface area contributed by atoms with Crippen LogP contribution in [0.25, 0.3) is 5.69 Å². The highest BCUT2D eigenvalue weighted by Crippen LogP contribution is 2.23. The number of carbonyl (C=O) groups excluding carboxylic acids is 1. The second-order valence-corrected chi connectivity index (χ2v) is 5.79. The lowest BCUT2D eigenvalue weighted by molar-refractivity contribution is 0.249. The summed E-state index contributed by atoms with van der Waals surface area (Å²) < 4.78 is 1.54. The van der Waals surface area contributed by atoms with E-state index < -0.39 is 0 Å². The van der Waals surface area contributed by atoms with Crippen LogP contribution in [-0.4, -0.2) is 41.4 Å². The molecule has 3 N–H and O–H groups in total. The topological polar surface area (TPSA) is 126 Å². The predicted octanol–water partition coefficient (Wildman–Crippen LogP) is 1.59. The van der Waals surface area contributed by atoms with E-state index in [0.717, 1.165) is 16.8 Å². The molecule has 2 heterocycles. The molecule has 3 rings (SSSR count). The minimum atomic E-state index is -0.341. The van der Waals surface area contributed by atoms with Gasteiger partial charge in [0.05, 0.1) is 11.7 Å². The number of aryl methyl sites for hydroxylation is 2. The van der Waals surface area contributed by atoms with Gasteiger partial charge in [-0.1, -0.05) is 0 Å². The highest BCUT2D eigenvalue weighted by Gasteiger charge is 2.15. The number of aromatic amines is 1. The highest BCUT2D eigenvalue weighted by molar-refractivity contribution is 5.91. The second-order valence-electron chi connectivity index (χ2n) is 5.79. The number of aromatic nitrogens is 7. The Hall–Kier alpha value is -3.30. The summed E-state index contributed by atoms with van der Waals surface area (Å²) in [6, 6.07) is 3.11. The van der Waals surface area contributed by atoms with E-state index in [1.165, 1.54) is 11.0 Å². The number of tetrazole rings is 1. The second kappa shape index (κ2) is 6.67. The summed E-state index contributed by atoms with van der Waals surface area (Å²) in [5, 5.41) is 23.6. The van der Waals surface area contributed by atoms with E-state index in [0.29, 0.717) is 17.3 Å². The van der Waals surface area contributed by atoms with Gasteiger partial charge in [-0.2, -0.15) is 5.10 Å². The van der Waals surface area contributed by atoms with Crippen LogP contribution in [0.3, 0.4) is 0 Å². The van der Waals surface area contributed by atoms with Crippen LogP contribution in [0.15, 0.2) is 18.5 Å². The quantitative estimate of drug-likeness (QED) is 0.661. The maximum Gasteiger partial charge on any atom is 0.319 e. The lowest BCUT2D eigenvalue weighted by atomic mass is 10.1. The molecule has 2 amide bonds. The molecule has 0 saturated heterocycles. The highest BCUT2D eigenvalue weighted by atomic mass is 16.2. The molecule has 0 aliphatic rings. The van der Waals surface area contributed by atoms with Gasteiger partial charge in [-0.25, -0.2) is 14.5 Å². The molecule has 10 nitrogen and oxygen atoms in total. The van der Waals surface area contributed by atoms with Gasteiger partial charge in [-0.3, -0.25) is 5.10 Å². The van der Waals surface area contributed by atoms with Crippen molar-refractivity contribution in [2.75, 3.05) is 5.32 Å². The number of rotatable bonds is 4. The molecule has 1 aromatic carbocycles. The number of anilines is 1. The molecule has 3 aromatic rings. The van der Waals surface area contributed by atoms with Crippen LogP contribution in [0.2, 0.25) is 0 Å². The number of benzene rings is 1. The van der Waals surface area contributed by atoms with Crippen LogP contribution in [-0.2, 0) is 0 Å². The molecule has 0 bridgehead atoms. The average Bonchev–Trinajstić information content (AvgIpc) is 3.23. The zero-order chi connectivity index (χ0) is 18.0. The van der Waals surface area contributed by atoms with E-state index in [1.807, 2.05) is 32.9 Å². The first-order valence-corrected chi connectivity index (χ1v) is 7.75. The standard InChI is InChI=1S/C15H19N9O/c1-8-5-12(24-7-16-22-23-24)6-13(9(8)2)19-15(25)17-10(3)14-18-11(4)20-21-14/h5-7,10H,1-4H3,(H2,17,19,25)(H,18,20,21)/t10-/m0/s1. The SMILES string of the molecule is Cc1nc([C@H](C)NC(=O)Nc2cc(-n3cnnn3)cc(C)c2C)n[nH]1. The van der Waals surface area contributed by atoms with Gasteiger partial charge in [0, 0.05) is 5.69 Å². The fraction of sp³-hybridized carbons (Fsp3) is 0.333. The van der Waals surface area contributed by atoms with E-state index in [1.54, 1.807) is 6.92 Å². The Labute approximate surface area is 144 Å². The molecule has 0 saturated carbocycles. The lowest BCUT2D eigenvalue weighted by Crippen LogP contribution is -2.32. The largest absolute Gasteiger partial charge is 0.328 e. The summed E-state index contributed by atoms with van der Waals surface area (Å²) >= 11 is 0. The molecule has 0 fully saturated rings. The first-order valence-electron chi connectivity index (χ1n) is 7.75. The molecule has 10 heteroatoms. The zero-order valence-corrected chi connectivity index (χ0v) is 14.4. The molecule has 0 unspecified atom stereocenters. The first kappa shape index (κ1) is 16.6. The summed E-state index contributed by atoms with van der Waals surface area (Å²) in [6.45, 7) is 7.53. The molecule has 1 atom stereocenters. The van der Waals surface area contributed by atoms with Crippen molar-refractivity contribution in [1.29, 1.82) is 0 Å². The summed E-state index contributed by atoms with van der Waals surface area (Å²) in [5.41, 5.74) is 3.43. The van der Waals surface area contributed by atoms with Crippen molar-refractivity contribution < 1.29 is 4.79 Å². The zero-order valence-electron chi connectivity index (χ0n) is 14.4. The Bertz CT molecular complexity index is 885. The minimum absolute atomic E-state index is 0.325. The van der Waals surface area contributed by atoms with Crippen molar-refractivity contribution in [2.24, 2.45) is 0 Å². The number of amides is 2. The Morgan fingerprint density at radius 2 is 2.08 bits per heavy atom. The maximum absolute atomic E-state index is 12.3. The number of nitrogens with zero attached hydrogens (tertiary/aromatic N) is 6. The molecular weight excluding hydrogens is 322 g/mol. The van der Waals surface area contributed by atoms with E-state index in [9.17, 15) is 4.79 Å². The number of nitrogens with one attached hydrogen (secondary N) is 3. The van der Waals surface area contributed by atoms with Crippen LogP contribution in [0, 0.1) is 20.8 Å². The fourth-order valence-corrected chi connectivity index (χ4v) is 2.36. The van der Waals surface area contributed by atoms with E-state index in [-0.39, 0.29) is 12.1 Å². The van der Waals surface area contributed by atoms with Crippen molar-refractivity contribution >= 4 is 11.7 Å². The minimum Gasteiger partial charge on any atom is -0.328 e. The van der Waals surface area contributed by atoms with Gasteiger partial charge < -0.3 is 10.6 Å². The number of urea groups is 1. The van der Waals surface area contributed by atoms with E-state index in [2.05, 4.69) is 41.3 Å².